The Kier molecular flexibility index (Phi) is 4.21. The minimum absolute atomic E-state index is 0.0650. The van der Waals surface area contributed by atoms with Crippen LogP contribution in [0.4, 0.5) is 0 Å². The standard InChI is InChI=1S/C20H20O2/c21-19-13-7-8-14-20(19,22)18(17-11-5-2-6-12-17)15-16-9-3-1-4-10-16/h1-6,9-12,15,22H,7-8,13-14H2/b18-15+. The first kappa shape index (κ1) is 14.7. The van der Waals surface area contributed by atoms with Gasteiger partial charge in [-0.25, -0.2) is 0 Å². The molecular formula is C20H20O2. The van der Waals surface area contributed by atoms with Crippen LogP contribution in [0.5, 0.6) is 0 Å². The molecule has 1 fully saturated rings. The summed E-state index contributed by atoms with van der Waals surface area (Å²) >= 11 is 0. The molecule has 0 heterocycles. The predicted molar refractivity (Wildman–Crippen MR) is 89.2 cm³/mol. The van der Waals surface area contributed by atoms with Gasteiger partial charge in [-0.2, -0.15) is 0 Å². The number of hydrogen-bond donors (Lipinski definition) is 1. The predicted octanol–water partition coefficient (Wildman–Crippen LogP) is 4.10. The molecule has 2 aromatic carbocycles. The van der Waals surface area contributed by atoms with E-state index in [1.54, 1.807) is 0 Å². The molecule has 112 valence electrons. The van der Waals surface area contributed by atoms with Crippen molar-refractivity contribution in [3.8, 4) is 0 Å². The highest BCUT2D eigenvalue weighted by atomic mass is 16.3. The van der Waals surface area contributed by atoms with Crippen LogP contribution in [0, 0.1) is 0 Å². The minimum Gasteiger partial charge on any atom is -0.377 e. The zero-order valence-corrected chi connectivity index (χ0v) is 12.5. The van der Waals surface area contributed by atoms with Crippen molar-refractivity contribution in [2.75, 3.05) is 0 Å². The van der Waals surface area contributed by atoms with Gasteiger partial charge < -0.3 is 5.11 Å². The van der Waals surface area contributed by atoms with Crippen LogP contribution in [0.1, 0.15) is 36.8 Å². The topological polar surface area (TPSA) is 37.3 Å². The monoisotopic (exact) mass is 292 g/mol. The molecule has 1 atom stereocenters. The van der Waals surface area contributed by atoms with E-state index in [0.29, 0.717) is 18.4 Å². The van der Waals surface area contributed by atoms with Gasteiger partial charge in [0, 0.05) is 6.42 Å². The fourth-order valence-electron chi connectivity index (χ4n) is 3.07. The lowest BCUT2D eigenvalue weighted by Gasteiger charge is -2.33. The number of aliphatic hydroxyl groups is 1. The van der Waals surface area contributed by atoms with Gasteiger partial charge in [0.1, 0.15) is 5.60 Å². The van der Waals surface area contributed by atoms with Crippen molar-refractivity contribution < 1.29 is 9.90 Å². The van der Waals surface area contributed by atoms with E-state index in [2.05, 4.69) is 0 Å². The van der Waals surface area contributed by atoms with E-state index in [4.69, 9.17) is 0 Å². The largest absolute Gasteiger partial charge is 0.377 e. The van der Waals surface area contributed by atoms with Gasteiger partial charge in [0.2, 0.25) is 0 Å². The van der Waals surface area contributed by atoms with E-state index in [-0.39, 0.29) is 5.78 Å². The zero-order valence-electron chi connectivity index (χ0n) is 12.5. The zero-order chi connectivity index (χ0) is 15.4. The van der Waals surface area contributed by atoms with E-state index >= 15 is 0 Å². The van der Waals surface area contributed by atoms with Gasteiger partial charge in [-0.3, -0.25) is 4.79 Å². The molecule has 1 unspecified atom stereocenters. The highest BCUT2D eigenvalue weighted by Crippen LogP contribution is 2.38. The van der Waals surface area contributed by atoms with E-state index in [1.165, 1.54) is 0 Å². The maximum Gasteiger partial charge on any atom is 0.168 e. The third-order valence-corrected chi connectivity index (χ3v) is 4.29. The molecule has 0 spiro atoms. The molecule has 22 heavy (non-hydrogen) atoms. The number of carbonyl (C=O) groups is 1. The van der Waals surface area contributed by atoms with Crippen molar-refractivity contribution in [2.45, 2.75) is 31.3 Å². The lowest BCUT2D eigenvalue weighted by Crippen LogP contribution is -2.42. The first-order chi connectivity index (χ1) is 10.7. The molecule has 0 bridgehead atoms. The molecule has 1 N–H and O–H groups in total. The van der Waals surface area contributed by atoms with Crippen LogP contribution in [0.3, 0.4) is 0 Å². The summed E-state index contributed by atoms with van der Waals surface area (Å²) in [6, 6.07) is 19.6. The van der Waals surface area contributed by atoms with Crippen LogP contribution in [-0.4, -0.2) is 16.5 Å². The number of rotatable bonds is 3. The van der Waals surface area contributed by atoms with Crippen LogP contribution < -0.4 is 0 Å². The Morgan fingerprint density at radius 2 is 1.59 bits per heavy atom. The Hall–Kier alpha value is -2.19. The highest BCUT2D eigenvalue weighted by Gasteiger charge is 2.41. The quantitative estimate of drug-likeness (QED) is 0.865. The molecule has 1 saturated carbocycles. The second-order valence-corrected chi connectivity index (χ2v) is 5.83. The van der Waals surface area contributed by atoms with Gasteiger partial charge in [0.15, 0.2) is 5.78 Å². The van der Waals surface area contributed by atoms with E-state index < -0.39 is 5.60 Å². The number of benzene rings is 2. The Labute approximate surface area is 131 Å². The number of ketones is 1. The first-order valence-electron chi connectivity index (χ1n) is 7.78. The molecule has 0 aliphatic heterocycles. The van der Waals surface area contributed by atoms with Gasteiger partial charge in [0.05, 0.1) is 0 Å². The molecule has 2 nitrogen and oxygen atoms in total. The molecule has 2 aromatic rings. The van der Waals surface area contributed by atoms with Crippen LogP contribution in [0.2, 0.25) is 0 Å². The smallest absolute Gasteiger partial charge is 0.168 e. The fraction of sp³-hybridized carbons (Fsp3) is 0.250. The van der Waals surface area contributed by atoms with Crippen molar-refractivity contribution >= 4 is 17.4 Å². The second kappa shape index (κ2) is 6.29. The van der Waals surface area contributed by atoms with Gasteiger partial charge >= 0.3 is 0 Å². The molecule has 0 saturated heterocycles. The van der Waals surface area contributed by atoms with Crippen LogP contribution >= 0.6 is 0 Å². The average molecular weight is 292 g/mol. The van der Waals surface area contributed by atoms with Gasteiger partial charge in [0.25, 0.3) is 0 Å². The van der Waals surface area contributed by atoms with Gasteiger partial charge in [-0.15, -0.1) is 0 Å². The van der Waals surface area contributed by atoms with Crippen molar-refractivity contribution in [1.82, 2.24) is 0 Å². The maximum atomic E-state index is 12.4. The van der Waals surface area contributed by atoms with E-state index in [1.807, 2.05) is 66.7 Å². The van der Waals surface area contributed by atoms with Crippen LogP contribution in [0.25, 0.3) is 11.6 Å². The third-order valence-electron chi connectivity index (χ3n) is 4.29. The van der Waals surface area contributed by atoms with Crippen molar-refractivity contribution in [3.63, 3.8) is 0 Å². The second-order valence-electron chi connectivity index (χ2n) is 5.83. The highest BCUT2D eigenvalue weighted by molar-refractivity contribution is 6.05. The Morgan fingerprint density at radius 1 is 0.955 bits per heavy atom. The Morgan fingerprint density at radius 3 is 2.23 bits per heavy atom. The molecule has 1 aliphatic rings. The molecule has 2 heteroatoms. The third kappa shape index (κ3) is 2.88. The van der Waals surface area contributed by atoms with Gasteiger partial charge in [-0.05, 0) is 42.0 Å². The summed E-state index contributed by atoms with van der Waals surface area (Å²) in [5.74, 6) is -0.0650. The molecule has 1 aliphatic carbocycles. The minimum atomic E-state index is -1.37. The van der Waals surface area contributed by atoms with E-state index in [0.717, 1.165) is 24.0 Å². The summed E-state index contributed by atoms with van der Waals surface area (Å²) in [7, 11) is 0. The summed E-state index contributed by atoms with van der Waals surface area (Å²) in [4.78, 5) is 12.4. The average Bonchev–Trinajstić information content (AvgIpc) is 2.57. The lowest BCUT2D eigenvalue weighted by molar-refractivity contribution is -0.134. The summed E-state index contributed by atoms with van der Waals surface area (Å²) in [6.45, 7) is 0. The molecular weight excluding hydrogens is 272 g/mol. The van der Waals surface area contributed by atoms with Crippen molar-refractivity contribution in [3.05, 3.63) is 71.8 Å². The summed E-state index contributed by atoms with van der Waals surface area (Å²) in [5.41, 5.74) is 1.25. The Balaban J connectivity index is 2.11. The summed E-state index contributed by atoms with van der Waals surface area (Å²) in [6.07, 6.45) is 4.64. The van der Waals surface area contributed by atoms with Crippen LogP contribution in [-0.2, 0) is 4.79 Å². The van der Waals surface area contributed by atoms with Gasteiger partial charge in [-0.1, -0.05) is 60.7 Å². The maximum absolute atomic E-state index is 12.4. The SMILES string of the molecule is O=C1CCCCC1(O)/C(=C/c1ccccc1)c1ccccc1. The normalized spacial score (nSPS) is 22.6. The van der Waals surface area contributed by atoms with Crippen molar-refractivity contribution in [2.24, 2.45) is 0 Å². The lowest BCUT2D eigenvalue weighted by atomic mass is 9.75. The number of carbonyl (C=O) groups excluding carboxylic acids is 1. The van der Waals surface area contributed by atoms with Crippen LogP contribution in [0.15, 0.2) is 60.7 Å². The summed E-state index contributed by atoms with van der Waals surface area (Å²) < 4.78 is 0. The number of Topliss-reactive ketones (excluding diaryl/α,β-unsaturated/α-hetero) is 1. The molecule has 0 amide bonds. The first-order valence-corrected chi connectivity index (χ1v) is 7.78. The molecule has 3 rings (SSSR count). The molecule has 0 radical (unpaired) electrons. The fourth-order valence-corrected chi connectivity index (χ4v) is 3.07. The molecule has 0 aromatic heterocycles. The van der Waals surface area contributed by atoms with Crippen molar-refractivity contribution in [1.29, 1.82) is 0 Å². The summed E-state index contributed by atoms with van der Waals surface area (Å²) in [5, 5.41) is 11.1. The number of hydrogen-bond acceptors (Lipinski definition) is 2. The van der Waals surface area contributed by atoms with E-state index in [9.17, 15) is 9.90 Å². The Bertz CT molecular complexity index is 673.